The normalized spacial score (nSPS) is 25.7. The molecule has 2 aromatic rings. The quantitative estimate of drug-likeness (QED) is 0.326. The number of hydrogen-bond donors (Lipinski definition) is 5. The summed E-state index contributed by atoms with van der Waals surface area (Å²) in [6.45, 7) is 3.43. The third-order valence-electron chi connectivity index (χ3n) is 5.05. The van der Waals surface area contributed by atoms with E-state index in [1.54, 1.807) is 0 Å². The topological polar surface area (TPSA) is 186 Å². The minimum absolute atomic E-state index is 0.210. The van der Waals surface area contributed by atoms with E-state index in [0.717, 1.165) is 6.42 Å². The predicted octanol–water partition coefficient (Wildman–Crippen LogP) is -1.46. The van der Waals surface area contributed by atoms with E-state index in [4.69, 9.17) is 21.3 Å². The van der Waals surface area contributed by atoms with Gasteiger partial charge in [0.05, 0.1) is 6.33 Å². The maximum absolute atomic E-state index is 10.9. The maximum atomic E-state index is 10.9. The van der Waals surface area contributed by atoms with E-state index in [1.165, 1.54) is 17.2 Å². The molecule has 1 fully saturated rings. The van der Waals surface area contributed by atoms with Crippen molar-refractivity contribution in [1.29, 1.82) is 0 Å². The van der Waals surface area contributed by atoms with Gasteiger partial charge in [-0.2, -0.15) is 0 Å². The number of fused-ring (bicyclic) bond motifs is 1. The van der Waals surface area contributed by atoms with Crippen LogP contribution in [0.3, 0.4) is 0 Å². The first-order valence-corrected chi connectivity index (χ1v) is 9.48. The highest BCUT2D eigenvalue weighted by molar-refractivity contribution is 5.81. The summed E-state index contributed by atoms with van der Waals surface area (Å²) in [5, 5.41) is 30.0. The Labute approximate surface area is 167 Å². The number of hydrogen-bond acceptors (Lipinski definition) is 10. The van der Waals surface area contributed by atoms with Crippen LogP contribution in [0.1, 0.15) is 26.0 Å². The molecule has 7 N–H and O–H groups in total. The monoisotopic (exact) mass is 409 g/mol. The van der Waals surface area contributed by atoms with Gasteiger partial charge >= 0.3 is 5.97 Å². The summed E-state index contributed by atoms with van der Waals surface area (Å²) in [5.41, 5.74) is 12.2. The summed E-state index contributed by atoms with van der Waals surface area (Å²) in [6, 6.07) is -0.954. The van der Waals surface area contributed by atoms with Crippen molar-refractivity contribution in [2.45, 2.75) is 50.3 Å². The smallest absolute Gasteiger partial charge is 0.320 e. The van der Waals surface area contributed by atoms with E-state index in [-0.39, 0.29) is 12.2 Å². The zero-order valence-electron chi connectivity index (χ0n) is 16.1. The van der Waals surface area contributed by atoms with Crippen molar-refractivity contribution in [3.05, 3.63) is 12.7 Å². The van der Waals surface area contributed by atoms with Crippen LogP contribution >= 0.6 is 0 Å². The largest absolute Gasteiger partial charge is 0.480 e. The second-order valence-corrected chi connectivity index (χ2v) is 7.16. The average molecular weight is 409 g/mol. The van der Waals surface area contributed by atoms with Gasteiger partial charge in [0.15, 0.2) is 17.7 Å². The van der Waals surface area contributed by atoms with Crippen LogP contribution in [0.5, 0.6) is 0 Å². The number of aliphatic hydroxyl groups excluding tert-OH is 2. The van der Waals surface area contributed by atoms with Crippen LogP contribution < -0.4 is 11.5 Å². The number of anilines is 1. The second-order valence-electron chi connectivity index (χ2n) is 7.16. The Morgan fingerprint density at radius 3 is 2.76 bits per heavy atom. The number of carboxylic acid groups (broad SMARTS) is 1. The van der Waals surface area contributed by atoms with Crippen LogP contribution in [-0.2, 0) is 9.53 Å². The van der Waals surface area contributed by atoms with E-state index in [9.17, 15) is 15.0 Å². The van der Waals surface area contributed by atoms with Crippen molar-refractivity contribution in [2.24, 2.45) is 5.73 Å². The van der Waals surface area contributed by atoms with Crippen LogP contribution in [0, 0.1) is 0 Å². The molecular weight excluding hydrogens is 382 g/mol. The summed E-state index contributed by atoms with van der Waals surface area (Å²) in [7, 11) is 0. The highest BCUT2D eigenvalue weighted by atomic mass is 16.6. The molecule has 0 amide bonds. The van der Waals surface area contributed by atoms with E-state index in [1.807, 2.05) is 11.8 Å². The number of ether oxygens (including phenoxy) is 1. The number of nitrogen functional groups attached to an aromatic ring is 1. The molecule has 12 nitrogen and oxygen atoms in total. The third kappa shape index (κ3) is 4.46. The van der Waals surface area contributed by atoms with Crippen LogP contribution in [0.2, 0.25) is 0 Å². The SMILES string of the molecule is CCCN(CCC(N)C(=O)O)CC1OC(n2cnc3c(N)ncnc32)C(O)C1O. The van der Waals surface area contributed by atoms with Crippen molar-refractivity contribution in [3.8, 4) is 0 Å². The third-order valence-corrected chi connectivity index (χ3v) is 5.05. The number of aliphatic hydroxyl groups is 2. The molecule has 5 unspecified atom stereocenters. The van der Waals surface area contributed by atoms with E-state index in [0.29, 0.717) is 30.8 Å². The Morgan fingerprint density at radius 1 is 1.31 bits per heavy atom. The Kier molecular flexibility index (Phi) is 6.59. The van der Waals surface area contributed by atoms with Gasteiger partial charge in [0.25, 0.3) is 0 Å². The maximum Gasteiger partial charge on any atom is 0.320 e. The molecule has 160 valence electrons. The minimum atomic E-state index is -1.20. The number of aliphatic carboxylic acids is 1. The fourth-order valence-corrected chi connectivity index (χ4v) is 3.48. The summed E-state index contributed by atoms with van der Waals surface area (Å²) in [6.07, 6.45) is -0.0686. The lowest BCUT2D eigenvalue weighted by atomic mass is 10.1. The zero-order chi connectivity index (χ0) is 21.1. The second kappa shape index (κ2) is 8.97. The van der Waals surface area contributed by atoms with E-state index >= 15 is 0 Å². The number of carboxylic acids is 1. The molecule has 1 aliphatic heterocycles. The molecule has 29 heavy (non-hydrogen) atoms. The van der Waals surface area contributed by atoms with Crippen molar-refractivity contribution >= 4 is 23.0 Å². The van der Waals surface area contributed by atoms with Gasteiger partial charge in [-0.3, -0.25) is 9.36 Å². The predicted molar refractivity (Wildman–Crippen MR) is 103 cm³/mol. The first kappa shape index (κ1) is 21.3. The fraction of sp³-hybridized carbons (Fsp3) is 0.647. The first-order chi connectivity index (χ1) is 13.8. The average Bonchev–Trinajstić information content (AvgIpc) is 3.23. The van der Waals surface area contributed by atoms with Gasteiger partial charge in [-0.05, 0) is 19.4 Å². The van der Waals surface area contributed by atoms with E-state index < -0.39 is 36.6 Å². The lowest BCUT2D eigenvalue weighted by Crippen LogP contribution is -2.42. The lowest BCUT2D eigenvalue weighted by molar-refractivity contribution is -0.138. The molecule has 1 aliphatic rings. The molecule has 5 atom stereocenters. The molecule has 0 aliphatic carbocycles. The fourth-order valence-electron chi connectivity index (χ4n) is 3.48. The van der Waals surface area contributed by atoms with Crippen LogP contribution in [-0.4, -0.2) is 89.7 Å². The molecule has 0 radical (unpaired) electrons. The number of nitrogens with two attached hydrogens (primary N) is 2. The highest BCUT2D eigenvalue weighted by Gasteiger charge is 2.44. The van der Waals surface area contributed by atoms with Gasteiger partial charge < -0.3 is 36.4 Å². The van der Waals surface area contributed by atoms with Gasteiger partial charge in [0.1, 0.15) is 36.2 Å². The number of carbonyl (C=O) groups is 1. The number of imidazole rings is 1. The Morgan fingerprint density at radius 2 is 2.07 bits per heavy atom. The number of aromatic nitrogens is 4. The van der Waals surface area contributed by atoms with Crippen LogP contribution in [0.4, 0.5) is 5.82 Å². The molecular formula is C17H27N7O5. The van der Waals surface area contributed by atoms with Crippen LogP contribution in [0.15, 0.2) is 12.7 Å². The molecule has 0 saturated carbocycles. The van der Waals surface area contributed by atoms with Crippen molar-refractivity contribution in [3.63, 3.8) is 0 Å². The number of rotatable bonds is 9. The van der Waals surface area contributed by atoms with Gasteiger partial charge in [-0.25, -0.2) is 15.0 Å². The molecule has 12 heteroatoms. The van der Waals surface area contributed by atoms with Gasteiger partial charge in [0.2, 0.25) is 0 Å². The van der Waals surface area contributed by atoms with Gasteiger partial charge in [-0.1, -0.05) is 6.92 Å². The Balaban J connectivity index is 1.72. The molecule has 0 bridgehead atoms. The van der Waals surface area contributed by atoms with Gasteiger partial charge in [-0.15, -0.1) is 0 Å². The molecule has 1 saturated heterocycles. The Bertz CT molecular complexity index is 847. The summed E-state index contributed by atoms with van der Waals surface area (Å²) < 4.78 is 7.46. The molecule has 3 heterocycles. The molecule has 2 aromatic heterocycles. The zero-order valence-corrected chi connectivity index (χ0v) is 16.1. The molecule has 3 rings (SSSR count). The standard InChI is InChI=1S/C17H27N7O5/c1-2-4-23(5-3-9(18)17(27)28)6-10-12(25)13(26)16(29-10)24-8-22-11-14(19)20-7-21-15(11)24/h7-10,12-13,16,25-26H,2-6,18H2,1H3,(H,27,28)(H2,19,20,21). The van der Waals surface area contributed by atoms with Crippen molar-refractivity contribution in [1.82, 2.24) is 24.4 Å². The number of nitrogens with zero attached hydrogens (tertiary/aromatic N) is 5. The summed E-state index contributed by atoms with van der Waals surface area (Å²) >= 11 is 0. The first-order valence-electron chi connectivity index (χ1n) is 9.48. The Hall–Kier alpha value is -2.38. The van der Waals surface area contributed by atoms with Crippen molar-refractivity contribution < 1.29 is 24.9 Å². The van der Waals surface area contributed by atoms with Crippen molar-refractivity contribution in [2.75, 3.05) is 25.4 Å². The summed E-state index contributed by atoms with van der Waals surface area (Å²) in [5.74, 6) is -0.843. The lowest BCUT2D eigenvalue weighted by Gasteiger charge is -2.26. The highest BCUT2D eigenvalue weighted by Crippen LogP contribution is 2.32. The van der Waals surface area contributed by atoms with Crippen LogP contribution in [0.25, 0.3) is 11.2 Å². The van der Waals surface area contributed by atoms with Gasteiger partial charge in [0, 0.05) is 13.1 Å². The molecule has 0 spiro atoms. The summed E-state index contributed by atoms with van der Waals surface area (Å²) in [4.78, 5) is 25.1. The minimum Gasteiger partial charge on any atom is -0.480 e. The van der Waals surface area contributed by atoms with E-state index in [2.05, 4.69) is 15.0 Å². The molecule has 0 aromatic carbocycles.